The normalized spacial score (nSPS) is 13.4. The van der Waals surface area contributed by atoms with E-state index in [4.69, 9.17) is 28.5 Å². The van der Waals surface area contributed by atoms with Gasteiger partial charge >= 0.3 is 0 Å². The number of benzene rings is 1. The molecule has 8 nitrogen and oxygen atoms in total. The van der Waals surface area contributed by atoms with Gasteiger partial charge in [-0.2, -0.15) is 5.26 Å². The van der Waals surface area contributed by atoms with E-state index < -0.39 is 0 Å². The maximum absolute atomic E-state index is 13.0. The van der Waals surface area contributed by atoms with Gasteiger partial charge in [-0.05, 0) is 23.8 Å². The van der Waals surface area contributed by atoms with E-state index in [1.165, 1.54) is 11.8 Å². The van der Waals surface area contributed by atoms with Crippen LogP contribution in [0.4, 0.5) is 11.5 Å². The quantitative estimate of drug-likeness (QED) is 0.221. The first-order valence-corrected chi connectivity index (χ1v) is 13.2. The number of carbonyl (C=O) groups excluding carboxylic acids is 1. The maximum Gasteiger partial charge on any atom is 0.233 e. The summed E-state index contributed by atoms with van der Waals surface area (Å²) in [6.45, 7) is 3.86. The molecule has 0 spiro atoms. The second-order valence-electron chi connectivity index (χ2n) is 8.13. The molecule has 1 aromatic carbocycles. The van der Waals surface area contributed by atoms with Crippen LogP contribution in [0.2, 0.25) is 10.2 Å². The largest absolute Gasteiger partial charge is 0.367 e. The lowest BCUT2D eigenvalue weighted by atomic mass is 10.2. The Bertz CT molecular complexity index is 1220. The molecule has 36 heavy (non-hydrogen) atoms. The summed E-state index contributed by atoms with van der Waals surface area (Å²) < 4.78 is 0. The third-order valence-electron chi connectivity index (χ3n) is 5.72. The van der Waals surface area contributed by atoms with Crippen molar-refractivity contribution in [2.45, 2.75) is 18.1 Å². The predicted molar refractivity (Wildman–Crippen MR) is 144 cm³/mol. The van der Waals surface area contributed by atoms with Crippen LogP contribution in [0.25, 0.3) is 0 Å². The molecule has 186 valence electrons. The van der Waals surface area contributed by atoms with E-state index in [2.05, 4.69) is 30.8 Å². The first-order valence-electron chi connectivity index (χ1n) is 11.5. The number of piperazine rings is 1. The van der Waals surface area contributed by atoms with Crippen molar-refractivity contribution in [1.29, 1.82) is 5.26 Å². The molecule has 2 aromatic heterocycles. The highest BCUT2D eigenvalue weighted by molar-refractivity contribution is 7.99. The number of hydrogen-bond acceptors (Lipinski definition) is 8. The minimum absolute atomic E-state index is 0.0995. The number of thioether (sulfide) groups is 1. The van der Waals surface area contributed by atoms with Gasteiger partial charge < -0.3 is 14.7 Å². The van der Waals surface area contributed by atoms with Crippen molar-refractivity contribution >= 4 is 52.4 Å². The van der Waals surface area contributed by atoms with Gasteiger partial charge in [0.05, 0.1) is 29.0 Å². The monoisotopic (exact) mass is 541 g/mol. The molecule has 1 aliphatic heterocycles. The molecule has 0 bridgehead atoms. The summed E-state index contributed by atoms with van der Waals surface area (Å²) in [7, 11) is 0. The van der Waals surface area contributed by atoms with E-state index in [1.807, 2.05) is 36.4 Å². The standard InChI is InChI=1S/C25H25Cl2N7OS/c26-20-6-1-2-7-21(20)32-11-13-33(14-12-32)23-15-22(27)30-25(31-23)36-18-24(35)34(10-4-8-28)17-19-5-3-9-29-16-19/h1-3,5-7,9,15-16H,4,10-14,17-18H2. The third-order valence-corrected chi connectivity index (χ3v) is 7.07. The van der Waals surface area contributed by atoms with Gasteiger partial charge in [-0.15, -0.1) is 0 Å². The second-order valence-corrected chi connectivity index (χ2v) is 9.87. The van der Waals surface area contributed by atoms with Gasteiger partial charge in [0.25, 0.3) is 0 Å². The number of para-hydroxylation sites is 1. The highest BCUT2D eigenvalue weighted by atomic mass is 35.5. The minimum atomic E-state index is -0.0995. The minimum Gasteiger partial charge on any atom is -0.367 e. The lowest BCUT2D eigenvalue weighted by Crippen LogP contribution is -2.47. The fourth-order valence-corrected chi connectivity index (χ4v) is 5.14. The SMILES string of the molecule is N#CCCN(Cc1cccnc1)C(=O)CSc1nc(Cl)cc(N2CCN(c3ccccc3Cl)CC2)n1. The second kappa shape index (κ2) is 12.8. The van der Waals surface area contributed by atoms with Crippen LogP contribution in [0.5, 0.6) is 0 Å². The van der Waals surface area contributed by atoms with Crippen LogP contribution in [0, 0.1) is 11.3 Å². The number of anilines is 2. The molecule has 0 N–H and O–H groups in total. The number of pyridine rings is 1. The average Bonchev–Trinajstić information content (AvgIpc) is 2.90. The molecule has 4 rings (SSSR count). The molecule has 0 aliphatic carbocycles. The Morgan fingerprint density at radius 2 is 1.86 bits per heavy atom. The Balaban J connectivity index is 1.37. The predicted octanol–water partition coefficient (Wildman–Crippen LogP) is 4.54. The van der Waals surface area contributed by atoms with Crippen molar-refractivity contribution in [3.05, 3.63) is 70.6 Å². The lowest BCUT2D eigenvalue weighted by molar-refractivity contribution is -0.128. The Kier molecular flexibility index (Phi) is 9.23. The Morgan fingerprint density at radius 3 is 2.58 bits per heavy atom. The Labute approximate surface area is 224 Å². The van der Waals surface area contributed by atoms with Crippen LogP contribution in [0.15, 0.2) is 60.0 Å². The van der Waals surface area contributed by atoms with Crippen LogP contribution in [0.3, 0.4) is 0 Å². The summed E-state index contributed by atoms with van der Waals surface area (Å²) >= 11 is 13.9. The molecule has 0 atom stereocenters. The van der Waals surface area contributed by atoms with Crippen LogP contribution >= 0.6 is 35.0 Å². The molecule has 3 heterocycles. The lowest BCUT2D eigenvalue weighted by Gasteiger charge is -2.37. The molecular weight excluding hydrogens is 517 g/mol. The summed E-state index contributed by atoms with van der Waals surface area (Å²) in [4.78, 5) is 32.1. The Morgan fingerprint density at radius 1 is 1.08 bits per heavy atom. The van der Waals surface area contributed by atoms with E-state index in [1.54, 1.807) is 23.4 Å². The molecule has 1 saturated heterocycles. The highest BCUT2D eigenvalue weighted by Crippen LogP contribution is 2.28. The van der Waals surface area contributed by atoms with Gasteiger partial charge in [-0.25, -0.2) is 9.97 Å². The molecule has 0 radical (unpaired) electrons. The molecule has 1 amide bonds. The topological polar surface area (TPSA) is 89.2 Å². The molecule has 1 aliphatic rings. The summed E-state index contributed by atoms with van der Waals surface area (Å²) in [6.07, 6.45) is 3.66. The van der Waals surface area contributed by atoms with Gasteiger partial charge in [0, 0.05) is 57.7 Å². The van der Waals surface area contributed by atoms with Crippen molar-refractivity contribution in [2.75, 3.05) is 48.3 Å². The van der Waals surface area contributed by atoms with Crippen LogP contribution in [-0.2, 0) is 11.3 Å². The number of hydrogen-bond donors (Lipinski definition) is 0. The highest BCUT2D eigenvalue weighted by Gasteiger charge is 2.21. The van der Waals surface area contributed by atoms with E-state index in [0.29, 0.717) is 23.4 Å². The van der Waals surface area contributed by atoms with E-state index >= 15 is 0 Å². The van der Waals surface area contributed by atoms with Gasteiger partial charge in [-0.1, -0.05) is 53.2 Å². The number of amides is 1. The van der Waals surface area contributed by atoms with Crippen molar-refractivity contribution < 1.29 is 4.79 Å². The number of aromatic nitrogens is 3. The van der Waals surface area contributed by atoms with Crippen molar-refractivity contribution in [2.24, 2.45) is 0 Å². The van der Waals surface area contributed by atoms with Crippen LogP contribution in [-0.4, -0.2) is 64.2 Å². The molecule has 1 fully saturated rings. The number of nitrogens with zero attached hydrogens (tertiary/aromatic N) is 7. The molecular formula is C25H25Cl2N7OS. The van der Waals surface area contributed by atoms with Gasteiger partial charge in [-0.3, -0.25) is 9.78 Å². The molecule has 11 heteroatoms. The van der Waals surface area contributed by atoms with Crippen molar-refractivity contribution in [3.63, 3.8) is 0 Å². The average molecular weight is 542 g/mol. The molecule has 3 aromatic rings. The number of halogens is 2. The summed E-state index contributed by atoms with van der Waals surface area (Å²) in [5.74, 6) is 0.782. The van der Waals surface area contributed by atoms with Crippen LogP contribution in [0.1, 0.15) is 12.0 Å². The fourth-order valence-electron chi connectivity index (χ4n) is 3.90. The summed E-state index contributed by atoms with van der Waals surface area (Å²) in [6, 6.07) is 15.4. The zero-order valence-electron chi connectivity index (χ0n) is 19.6. The third kappa shape index (κ3) is 7.00. The van der Waals surface area contributed by atoms with E-state index in [9.17, 15) is 4.79 Å². The number of rotatable bonds is 9. The first-order chi connectivity index (χ1) is 17.5. The van der Waals surface area contributed by atoms with E-state index in [0.717, 1.165) is 48.3 Å². The Hall–Kier alpha value is -3.06. The molecule has 0 unspecified atom stereocenters. The van der Waals surface area contributed by atoms with Gasteiger partial charge in [0.15, 0.2) is 5.16 Å². The summed E-state index contributed by atoms with van der Waals surface area (Å²) in [5.41, 5.74) is 1.94. The van der Waals surface area contributed by atoms with Gasteiger partial charge in [0.2, 0.25) is 5.91 Å². The van der Waals surface area contributed by atoms with Gasteiger partial charge in [0.1, 0.15) is 11.0 Å². The zero-order chi connectivity index (χ0) is 25.3. The van der Waals surface area contributed by atoms with Crippen molar-refractivity contribution in [3.8, 4) is 6.07 Å². The number of carbonyl (C=O) groups is 1. The molecule has 0 saturated carbocycles. The van der Waals surface area contributed by atoms with E-state index in [-0.39, 0.29) is 18.1 Å². The maximum atomic E-state index is 13.0. The fraction of sp³-hybridized carbons (Fsp3) is 0.320. The first kappa shape index (κ1) is 26.0. The van der Waals surface area contributed by atoms with Crippen LogP contribution < -0.4 is 9.80 Å². The smallest absolute Gasteiger partial charge is 0.233 e. The zero-order valence-corrected chi connectivity index (χ0v) is 21.9. The van der Waals surface area contributed by atoms with Crippen molar-refractivity contribution in [1.82, 2.24) is 19.9 Å². The number of nitriles is 1. The summed E-state index contributed by atoms with van der Waals surface area (Å²) in [5, 5.41) is 10.5.